The topological polar surface area (TPSA) is 97.2 Å². The number of nitrogens with one attached hydrogen (secondary N) is 1. The van der Waals surface area contributed by atoms with Crippen molar-refractivity contribution in [3.05, 3.63) is 107 Å². The van der Waals surface area contributed by atoms with Gasteiger partial charge in [-0.25, -0.2) is 21.6 Å². The van der Waals surface area contributed by atoms with E-state index in [0.29, 0.717) is 35.4 Å². The van der Waals surface area contributed by atoms with E-state index in [9.17, 15) is 17.6 Å². The number of halogens is 3. The summed E-state index contributed by atoms with van der Waals surface area (Å²) in [5.74, 6) is -5.22. The van der Waals surface area contributed by atoms with Crippen LogP contribution in [0.3, 0.4) is 0 Å². The molecular weight excluding hydrogens is 579 g/mol. The Morgan fingerprint density at radius 1 is 1.12 bits per heavy atom. The minimum atomic E-state index is -3.95. The van der Waals surface area contributed by atoms with Gasteiger partial charge < -0.3 is 5.32 Å². The smallest absolute Gasteiger partial charge is 0.283 e. The second kappa shape index (κ2) is 9.48. The Morgan fingerprint density at radius 2 is 1.88 bits per heavy atom. The number of nitrogens with zero attached hydrogens (tertiary/aromatic N) is 4. The molecule has 1 N–H and O–H groups in total. The van der Waals surface area contributed by atoms with E-state index in [0.717, 1.165) is 5.57 Å². The summed E-state index contributed by atoms with van der Waals surface area (Å²) in [5.41, 5.74) is 1.37. The van der Waals surface area contributed by atoms with Crippen LogP contribution in [0.2, 0.25) is 0 Å². The third-order valence-electron chi connectivity index (χ3n) is 9.25. The highest BCUT2D eigenvalue weighted by atomic mass is 32.2. The summed E-state index contributed by atoms with van der Waals surface area (Å²) in [7, 11) is -0.894. The minimum Gasteiger partial charge on any atom is -0.355 e. The average Bonchev–Trinajstić information content (AvgIpc) is 3.69. The van der Waals surface area contributed by atoms with Crippen LogP contribution in [0.15, 0.2) is 94.5 Å². The number of hydrogen-bond donors (Lipinski definition) is 1. The Labute approximate surface area is 246 Å². The fourth-order valence-electron chi connectivity index (χ4n) is 6.80. The number of hydrogen-bond acceptors (Lipinski definition) is 6. The molecule has 1 aromatic carbocycles. The van der Waals surface area contributed by atoms with Crippen molar-refractivity contribution in [2.45, 2.75) is 42.7 Å². The van der Waals surface area contributed by atoms with E-state index in [2.05, 4.69) is 15.4 Å². The molecule has 4 aliphatic carbocycles. The van der Waals surface area contributed by atoms with Crippen LogP contribution >= 0.6 is 0 Å². The maximum absolute atomic E-state index is 15.7. The normalized spacial score (nSPS) is 25.9. The predicted octanol–water partition coefficient (Wildman–Crippen LogP) is 5.35. The zero-order valence-corrected chi connectivity index (χ0v) is 24.2. The molecular formula is C31H28F3N5O3S. The summed E-state index contributed by atoms with van der Waals surface area (Å²) in [6, 6.07) is 9.02. The zero-order chi connectivity index (χ0) is 30.3. The number of carbonyl (C=O) groups is 1. The molecule has 3 atom stereocenters. The summed E-state index contributed by atoms with van der Waals surface area (Å²) in [6.07, 6.45) is 7.11. The lowest BCUT2D eigenvalue weighted by Gasteiger charge is -2.47. The largest absolute Gasteiger partial charge is 0.355 e. The molecule has 222 valence electrons. The number of sulfonamides is 1. The number of fused-ring (bicyclic) bond motifs is 5. The van der Waals surface area contributed by atoms with Gasteiger partial charge in [-0.05, 0) is 85.4 Å². The average molecular weight is 608 g/mol. The van der Waals surface area contributed by atoms with Gasteiger partial charge in [-0.15, -0.1) is 0 Å². The first kappa shape index (κ1) is 27.8. The van der Waals surface area contributed by atoms with Crippen molar-refractivity contribution < 1.29 is 26.4 Å². The molecule has 0 radical (unpaired) electrons. The molecule has 0 aliphatic heterocycles. The second-order valence-corrected chi connectivity index (χ2v) is 13.6. The first-order chi connectivity index (χ1) is 20.4. The highest BCUT2D eigenvalue weighted by Gasteiger charge is 2.57. The number of Topliss-reactive ketones (excluding diaryl/α,β-unsaturated/α-hetero) is 1. The van der Waals surface area contributed by atoms with Crippen molar-refractivity contribution >= 4 is 21.5 Å². The van der Waals surface area contributed by atoms with Gasteiger partial charge in [-0.3, -0.25) is 14.5 Å². The van der Waals surface area contributed by atoms with Crippen LogP contribution in [0.25, 0.3) is 0 Å². The van der Waals surface area contributed by atoms with Crippen molar-refractivity contribution in [3.8, 4) is 0 Å². The Hall–Kier alpha value is -4.03. The highest BCUT2D eigenvalue weighted by molar-refractivity contribution is 7.89. The molecule has 0 saturated heterocycles. The molecule has 1 saturated carbocycles. The molecule has 43 heavy (non-hydrogen) atoms. The lowest BCUT2D eigenvalue weighted by Crippen LogP contribution is -2.49. The Balaban J connectivity index is 1.35. The number of allylic oxidation sites excluding steroid dienone is 5. The van der Waals surface area contributed by atoms with Crippen LogP contribution in [-0.2, 0) is 23.0 Å². The Bertz CT molecular complexity index is 1880. The van der Waals surface area contributed by atoms with Gasteiger partial charge in [0.2, 0.25) is 0 Å². The van der Waals surface area contributed by atoms with Gasteiger partial charge in [0, 0.05) is 43.3 Å². The molecule has 2 unspecified atom stereocenters. The van der Waals surface area contributed by atoms with Gasteiger partial charge in [0.05, 0.1) is 17.5 Å². The van der Waals surface area contributed by atoms with Gasteiger partial charge in [0.15, 0.2) is 10.8 Å². The van der Waals surface area contributed by atoms with Crippen molar-refractivity contribution in [2.24, 2.45) is 18.4 Å². The molecule has 0 amide bonds. The number of pyridine rings is 1. The van der Waals surface area contributed by atoms with E-state index in [-0.39, 0.29) is 29.1 Å². The molecule has 4 bridgehead atoms. The molecule has 8 nitrogen and oxygen atoms in total. The minimum absolute atomic E-state index is 0.0312. The number of anilines is 1. The van der Waals surface area contributed by atoms with Crippen LogP contribution in [0.5, 0.6) is 0 Å². The molecule has 2 aromatic heterocycles. The van der Waals surface area contributed by atoms with Crippen LogP contribution in [0.1, 0.15) is 41.7 Å². The van der Waals surface area contributed by atoms with Gasteiger partial charge in [-0.2, -0.15) is 9.40 Å². The molecule has 12 heteroatoms. The third kappa shape index (κ3) is 4.29. The van der Waals surface area contributed by atoms with E-state index >= 15 is 8.78 Å². The van der Waals surface area contributed by atoms with E-state index < -0.39 is 44.9 Å². The molecule has 3 aromatic rings. The maximum atomic E-state index is 15.7. The van der Waals surface area contributed by atoms with E-state index in [1.807, 2.05) is 6.08 Å². The number of aromatic nitrogens is 3. The van der Waals surface area contributed by atoms with Crippen LogP contribution < -0.4 is 5.32 Å². The van der Waals surface area contributed by atoms with Gasteiger partial charge >= 0.3 is 0 Å². The van der Waals surface area contributed by atoms with Gasteiger partial charge in [0.25, 0.3) is 15.9 Å². The Kier molecular flexibility index (Phi) is 6.13. The number of carbonyl (C=O) groups excluding carboxylic acids is 1. The first-order valence-electron chi connectivity index (χ1n) is 14.0. The quantitative estimate of drug-likeness (QED) is 0.420. The van der Waals surface area contributed by atoms with Crippen molar-refractivity contribution in [1.29, 1.82) is 0 Å². The summed E-state index contributed by atoms with van der Waals surface area (Å²) < 4.78 is 74.8. The summed E-state index contributed by atoms with van der Waals surface area (Å²) in [6.45, 7) is 0. The number of ketones is 1. The maximum Gasteiger partial charge on any atom is 0.283 e. The Morgan fingerprint density at radius 3 is 2.60 bits per heavy atom. The molecule has 1 fully saturated rings. The van der Waals surface area contributed by atoms with Crippen LogP contribution in [0.4, 0.5) is 18.9 Å². The third-order valence-corrected chi connectivity index (χ3v) is 11.2. The number of aryl methyl sites for hydroxylation is 1. The van der Waals surface area contributed by atoms with E-state index in [1.165, 1.54) is 64.8 Å². The van der Waals surface area contributed by atoms with Crippen LogP contribution in [-0.4, -0.2) is 46.4 Å². The SMILES string of the molecule is CN([C@H]1CCC2=CC(Nc3ccc(F)cc3)=C3CC2(C1)C(=O)c1cc(ccn1)C(F)(F)C1C=C31)S(=O)(=O)c1ccnn1C. The second-order valence-electron chi connectivity index (χ2n) is 11.6. The van der Waals surface area contributed by atoms with E-state index in [1.54, 1.807) is 19.2 Å². The van der Waals surface area contributed by atoms with Crippen molar-refractivity contribution in [2.75, 3.05) is 12.4 Å². The zero-order valence-electron chi connectivity index (χ0n) is 23.4. The van der Waals surface area contributed by atoms with Gasteiger partial charge in [-0.1, -0.05) is 11.6 Å². The number of rotatable bonds is 5. The monoisotopic (exact) mass is 607 g/mol. The lowest BCUT2D eigenvalue weighted by molar-refractivity contribution is -0.0222. The highest BCUT2D eigenvalue weighted by Crippen LogP contribution is 2.59. The molecule has 1 spiro atoms. The standard InChI is InChI=1S/C31H28F3N5O3S/c1-38-28(10-12-36-38)43(41,42)39(2)22-8-3-18-13-26(37-21-6-4-20(32)5-7-21)24-17-30(18,16-22)29(40)27-14-19(9-11-35-27)31(33,34)25-15-23(24)25/h4-7,9-15,22,25,37H,3,8,16-17H2,1-2H3/t22-,25?,30?/m0/s1. The summed E-state index contributed by atoms with van der Waals surface area (Å²) >= 11 is 0. The summed E-state index contributed by atoms with van der Waals surface area (Å²) in [5, 5.41) is 7.31. The molecule has 4 aliphatic rings. The van der Waals surface area contributed by atoms with Crippen molar-refractivity contribution in [1.82, 2.24) is 19.1 Å². The lowest BCUT2D eigenvalue weighted by atomic mass is 9.59. The van der Waals surface area contributed by atoms with Crippen LogP contribution in [0, 0.1) is 17.2 Å². The number of benzene rings is 1. The fourth-order valence-corrected chi connectivity index (χ4v) is 8.28. The predicted molar refractivity (Wildman–Crippen MR) is 152 cm³/mol. The first-order valence-corrected chi connectivity index (χ1v) is 15.4. The fraction of sp³-hybridized carbons (Fsp3) is 0.323. The van der Waals surface area contributed by atoms with E-state index in [4.69, 9.17) is 0 Å². The summed E-state index contributed by atoms with van der Waals surface area (Å²) in [4.78, 5) is 18.7. The molecule has 2 heterocycles. The number of alkyl halides is 2. The van der Waals surface area contributed by atoms with Gasteiger partial charge in [0.1, 0.15) is 11.5 Å². The van der Waals surface area contributed by atoms with Crippen molar-refractivity contribution in [3.63, 3.8) is 0 Å². The molecule has 7 rings (SSSR count).